The number of aliphatic carboxylic acids is 1. The fourth-order valence-electron chi connectivity index (χ4n) is 3.82. The highest BCUT2D eigenvalue weighted by molar-refractivity contribution is 7.99. The summed E-state index contributed by atoms with van der Waals surface area (Å²) in [5.74, 6) is -0.362. The molecular weight excluding hydrogens is 495 g/mol. The van der Waals surface area contributed by atoms with Crippen molar-refractivity contribution in [2.45, 2.75) is 29.1 Å². The van der Waals surface area contributed by atoms with Gasteiger partial charge in [0.05, 0.1) is 17.7 Å². The minimum absolute atomic E-state index is 0.0728. The van der Waals surface area contributed by atoms with Crippen LogP contribution >= 0.6 is 35.0 Å². The maximum absolute atomic E-state index is 11.4. The minimum atomic E-state index is -0.909. The van der Waals surface area contributed by atoms with E-state index in [0.29, 0.717) is 26.7 Å². The normalized spacial score (nSPS) is 14.8. The molecule has 0 saturated carbocycles. The van der Waals surface area contributed by atoms with Gasteiger partial charge >= 0.3 is 5.97 Å². The highest BCUT2D eigenvalue weighted by Gasteiger charge is 2.30. The first-order chi connectivity index (χ1) is 16.4. The van der Waals surface area contributed by atoms with Crippen LogP contribution in [0.1, 0.15) is 35.8 Å². The van der Waals surface area contributed by atoms with E-state index in [1.807, 2.05) is 52.7 Å². The van der Waals surface area contributed by atoms with Crippen molar-refractivity contribution >= 4 is 46.6 Å². The van der Waals surface area contributed by atoms with E-state index in [9.17, 15) is 9.90 Å². The van der Waals surface area contributed by atoms with Crippen LogP contribution in [0.25, 0.3) is 5.69 Å². The summed E-state index contributed by atoms with van der Waals surface area (Å²) in [5, 5.41) is 20.6. The summed E-state index contributed by atoms with van der Waals surface area (Å²) < 4.78 is 3.76. The summed E-state index contributed by atoms with van der Waals surface area (Å²) in [7, 11) is 1.89. The van der Waals surface area contributed by atoms with Crippen LogP contribution in [0.3, 0.4) is 0 Å². The molecule has 0 aliphatic carbocycles. The molecule has 0 saturated heterocycles. The van der Waals surface area contributed by atoms with Crippen molar-refractivity contribution in [3.63, 3.8) is 0 Å². The molecule has 0 spiro atoms. The van der Waals surface area contributed by atoms with E-state index in [4.69, 9.17) is 28.2 Å². The van der Waals surface area contributed by atoms with Crippen LogP contribution in [0.4, 0.5) is 0 Å². The van der Waals surface area contributed by atoms with Crippen molar-refractivity contribution in [2.75, 3.05) is 0 Å². The van der Waals surface area contributed by atoms with Gasteiger partial charge in [0.15, 0.2) is 5.82 Å². The monoisotopic (exact) mass is 512 g/mol. The quantitative estimate of drug-likeness (QED) is 0.380. The molecular formula is C23H18Cl2N6O2S. The number of fused-ring (bicyclic) bond motifs is 3. The van der Waals surface area contributed by atoms with E-state index in [-0.39, 0.29) is 12.8 Å². The average molecular weight is 513 g/mol. The van der Waals surface area contributed by atoms with E-state index >= 15 is 0 Å². The van der Waals surface area contributed by atoms with E-state index in [1.165, 1.54) is 11.8 Å². The highest BCUT2D eigenvalue weighted by atomic mass is 35.5. The van der Waals surface area contributed by atoms with Crippen molar-refractivity contribution in [3.05, 3.63) is 82.0 Å². The number of carboxylic acids is 1. The molecule has 0 radical (unpaired) electrons. The van der Waals surface area contributed by atoms with Gasteiger partial charge in [0.25, 0.3) is 0 Å². The second kappa shape index (κ2) is 9.25. The first-order valence-electron chi connectivity index (χ1n) is 10.4. The predicted octanol–water partition coefficient (Wildman–Crippen LogP) is 5.22. The molecule has 0 bridgehead atoms. The lowest BCUT2D eigenvalue weighted by Crippen LogP contribution is -2.08. The Morgan fingerprint density at radius 1 is 1.15 bits per heavy atom. The van der Waals surface area contributed by atoms with Crippen LogP contribution in [-0.2, 0) is 11.8 Å². The van der Waals surface area contributed by atoms with Gasteiger partial charge in [-0.15, -0.1) is 10.2 Å². The van der Waals surface area contributed by atoms with Gasteiger partial charge < -0.3 is 9.67 Å². The fourth-order valence-corrected chi connectivity index (χ4v) is 5.09. The maximum Gasteiger partial charge on any atom is 0.303 e. The van der Waals surface area contributed by atoms with E-state index in [1.54, 1.807) is 18.5 Å². The largest absolute Gasteiger partial charge is 0.481 e. The van der Waals surface area contributed by atoms with Crippen LogP contribution in [0.2, 0.25) is 10.0 Å². The van der Waals surface area contributed by atoms with E-state index in [0.717, 1.165) is 21.8 Å². The SMILES string of the molecule is Cn1cnc(Sc2nnc3n2-c2ccc(Cl)cc2C(c2ccccc2Cl)=N[C@H]3CCC(=O)O)c1. The zero-order valence-electron chi connectivity index (χ0n) is 17.9. The van der Waals surface area contributed by atoms with E-state index < -0.39 is 12.0 Å². The van der Waals surface area contributed by atoms with Gasteiger partial charge in [0.2, 0.25) is 5.16 Å². The number of aromatic nitrogens is 5. The van der Waals surface area contributed by atoms with Crippen LogP contribution in [-0.4, -0.2) is 41.1 Å². The molecule has 0 amide bonds. The third-order valence-electron chi connectivity index (χ3n) is 5.33. The Bertz CT molecular complexity index is 1430. The number of aryl methyl sites for hydroxylation is 1. The Kier molecular flexibility index (Phi) is 6.16. The summed E-state index contributed by atoms with van der Waals surface area (Å²) >= 11 is 14.3. The number of aliphatic imine (C=N–C) groups is 1. The lowest BCUT2D eigenvalue weighted by atomic mass is 10.00. The lowest BCUT2D eigenvalue weighted by Gasteiger charge is -2.14. The van der Waals surface area contributed by atoms with E-state index in [2.05, 4.69) is 15.2 Å². The number of benzene rings is 2. The van der Waals surface area contributed by atoms with Gasteiger partial charge in [0, 0.05) is 40.8 Å². The number of hydrogen-bond acceptors (Lipinski definition) is 6. The van der Waals surface area contributed by atoms with Crippen molar-refractivity contribution in [3.8, 4) is 5.69 Å². The molecule has 1 aliphatic rings. The van der Waals surface area contributed by atoms with Gasteiger partial charge in [-0.05, 0) is 42.4 Å². The van der Waals surface area contributed by atoms with Crippen molar-refractivity contribution in [1.29, 1.82) is 0 Å². The predicted molar refractivity (Wildman–Crippen MR) is 130 cm³/mol. The van der Waals surface area contributed by atoms with Gasteiger partial charge in [-0.25, -0.2) is 4.98 Å². The molecule has 4 aromatic rings. The van der Waals surface area contributed by atoms with Gasteiger partial charge in [-0.2, -0.15) is 0 Å². The summed E-state index contributed by atoms with van der Waals surface area (Å²) in [6, 6.07) is 12.4. The number of rotatable bonds is 6. The molecule has 172 valence electrons. The zero-order valence-corrected chi connectivity index (χ0v) is 20.2. The molecule has 34 heavy (non-hydrogen) atoms. The Morgan fingerprint density at radius 3 is 2.71 bits per heavy atom. The van der Waals surface area contributed by atoms with Gasteiger partial charge in [-0.1, -0.05) is 41.4 Å². The molecule has 11 heteroatoms. The number of carboxylic acid groups (broad SMARTS) is 1. The summed E-state index contributed by atoms with van der Waals surface area (Å²) in [6.45, 7) is 0. The smallest absolute Gasteiger partial charge is 0.303 e. The Balaban J connectivity index is 1.73. The molecule has 2 aromatic carbocycles. The van der Waals surface area contributed by atoms with Crippen molar-refractivity contribution in [2.24, 2.45) is 12.0 Å². The molecule has 1 aliphatic heterocycles. The Hall–Kier alpha value is -3.14. The number of hydrogen-bond donors (Lipinski definition) is 1. The third kappa shape index (κ3) is 4.34. The topological polar surface area (TPSA) is 98.2 Å². The Morgan fingerprint density at radius 2 is 1.97 bits per heavy atom. The second-order valence-electron chi connectivity index (χ2n) is 7.72. The highest BCUT2D eigenvalue weighted by Crippen LogP contribution is 2.38. The molecule has 1 atom stereocenters. The van der Waals surface area contributed by atoms with Crippen LogP contribution < -0.4 is 0 Å². The minimum Gasteiger partial charge on any atom is -0.481 e. The van der Waals surface area contributed by atoms with Gasteiger partial charge in [0.1, 0.15) is 11.1 Å². The summed E-state index contributed by atoms with van der Waals surface area (Å²) in [6.07, 6.45) is 3.78. The molecule has 3 heterocycles. The molecule has 2 aromatic heterocycles. The van der Waals surface area contributed by atoms with Crippen molar-refractivity contribution in [1.82, 2.24) is 24.3 Å². The van der Waals surface area contributed by atoms with Crippen LogP contribution in [0.15, 0.2) is 70.2 Å². The number of halogens is 2. The molecule has 0 fully saturated rings. The van der Waals surface area contributed by atoms with Crippen LogP contribution in [0.5, 0.6) is 0 Å². The standard InChI is InChI=1S/C23H18Cl2N6O2S/c1-30-11-19(26-12-30)34-23-29-28-22-17(7-9-20(32)33)27-21(14-4-2-3-5-16(14)25)15-10-13(24)6-8-18(15)31(22)23/h2-6,8,10-12,17H,7,9H2,1H3,(H,32,33)/t17-/m0/s1. The summed E-state index contributed by atoms with van der Waals surface area (Å²) in [4.78, 5) is 20.8. The number of carbonyl (C=O) groups is 1. The maximum atomic E-state index is 11.4. The first kappa shape index (κ1) is 22.6. The zero-order chi connectivity index (χ0) is 23.8. The number of nitrogens with zero attached hydrogens (tertiary/aromatic N) is 6. The second-order valence-corrected chi connectivity index (χ2v) is 9.55. The molecule has 5 rings (SSSR count). The molecule has 0 unspecified atom stereocenters. The fraction of sp³-hybridized carbons (Fsp3) is 0.174. The lowest BCUT2D eigenvalue weighted by molar-refractivity contribution is -0.137. The van der Waals surface area contributed by atoms with Crippen molar-refractivity contribution < 1.29 is 9.90 Å². The average Bonchev–Trinajstić information content (AvgIpc) is 3.37. The van der Waals surface area contributed by atoms with Crippen LogP contribution in [0, 0.1) is 0 Å². The number of imidazole rings is 1. The molecule has 1 N–H and O–H groups in total. The molecule has 8 nitrogen and oxygen atoms in total. The van der Waals surface area contributed by atoms with Gasteiger partial charge in [-0.3, -0.25) is 14.4 Å². The summed E-state index contributed by atoms with van der Waals surface area (Å²) in [5.41, 5.74) is 2.88. The Labute approximate surface area is 209 Å². The third-order valence-corrected chi connectivity index (χ3v) is 6.77. The first-order valence-corrected chi connectivity index (χ1v) is 11.9.